The predicted molar refractivity (Wildman–Crippen MR) is 60.6 cm³/mol. The van der Waals surface area contributed by atoms with Crippen molar-refractivity contribution in [1.29, 1.82) is 5.26 Å². The molecule has 0 bridgehead atoms. The van der Waals surface area contributed by atoms with Gasteiger partial charge in [-0.15, -0.1) is 0 Å². The monoisotopic (exact) mass is 217 g/mol. The molecule has 0 amide bonds. The normalized spacial score (nSPS) is 16.3. The van der Waals surface area contributed by atoms with Crippen LogP contribution in [-0.4, -0.2) is 14.2 Å². The number of hydrogen-bond donors (Lipinski definition) is 0. The fourth-order valence-electron chi connectivity index (χ4n) is 1.94. The topological polar surface area (TPSA) is 42.2 Å². The molecule has 3 heteroatoms. The summed E-state index contributed by atoms with van der Waals surface area (Å²) in [5.74, 6) is 1.98. The Bertz CT molecular complexity index is 418. The Morgan fingerprint density at radius 2 is 2.06 bits per heavy atom. The van der Waals surface area contributed by atoms with Crippen LogP contribution in [0.1, 0.15) is 24.3 Å². The summed E-state index contributed by atoms with van der Waals surface area (Å²) in [6.07, 6.45) is 2.27. The van der Waals surface area contributed by atoms with Gasteiger partial charge in [-0.1, -0.05) is 0 Å². The van der Waals surface area contributed by atoms with Crippen LogP contribution in [0.5, 0.6) is 11.5 Å². The van der Waals surface area contributed by atoms with Crippen molar-refractivity contribution in [2.24, 2.45) is 5.92 Å². The van der Waals surface area contributed by atoms with E-state index >= 15 is 0 Å². The van der Waals surface area contributed by atoms with Gasteiger partial charge in [-0.3, -0.25) is 0 Å². The zero-order valence-electron chi connectivity index (χ0n) is 9.56. The fraction of sp³-hybridized carbons (Fsp3) is 0.462. The van der Waals surface area contributed by atoms with Gasteiger partial charge in [-0.05, 0) is 37.0 Å². The molecule has 84 valence electrons. The van der Waals surface area contributed by atoms with Crippen molar-refractivity contribution < 1.29 is 9.47 Å². The van der Waals surface area contributed by atoms with E-state index < -0.39 is 0 Å². The second-order valence-corrected chi connectivity index (χ2v) is 4.05. The summed E-state index contributed by atoms with van der Waals surface area (Å²) >= 11 is 0. The number of benzene rings is 1. The third-order valence-electron chi connectivity index (χ3n) is 3.00. The molecule has 0 N–H and O–H groups in total. The first-order valence-electron chi connectivity index (χ1n) is 5.41. The molecule has 3 nitrogen and oxygen atoms in total. The number of rotatable bonds is 4. The van der Waals surface area contributed by atoms with Crippen molar-refractivity contribution in [1.82, 2.24) is 0 Å². The number of ether oxygens (including phenoxy) is 2. The second kappa shape index (κ2) is 4.44. The standard InChI is InChI=1S/C13H15NO2/c1-15-10-5-6-13(16-2)11(7-10)12(8-14)9-3-4-9/h5-7,9,12H,3-4H2,1-2H3. The van der Waals surface area contributed by atoms with E-state index in [4.69, 9.17) is 9.47 Å². The zero-order chi connectivity index (χ0) is 11.5. The first-order chi connectivity index (χ1) is 7.80. The van der Waals surface area contributed by atoms with Gasteiger partial charge in [0.1, 0.15) is 11.5 Å². The first-order valence-corrected chi connectivity index (χ1v) is 5.41. The lowest BCUT2D eigenvalue weighted by atomic mass is 9.94. The smallest absolute Gasteiger partial charge is 0.123 e. The van der Waals surface area contributed by atoms with Gasteiger partial charge in [0, 0.05) is 5.56 Å². The van der Waals surface area contributed by atoms with E-state index in [1.807, 2.05) is 18.2 Å². The lowest BCUT2D eigenvalue weighted by Crippen LogP contribution is -2.02. The molecular weight excluding hydrogens is 202 g/mol. The Labute approximate surface area is 95.6 Å². The third kappa shape index (κ3) is 1.96. The molecule has 0 aromatic heterocycles. The van der Waals surface area contributed by atoms with Crippen molar-refractivity contribution in [3.8, 4) is 17.6 Å². The molecule has 1 aliphatic carbocycles. The molecule has 1 saturated carbocycles. The lowest BCUT2D eigenvalue weighted by molar-refractivity contribution is 0.396. The quantitative estimate of drug-likeness (QED) is 0.778. The molecule has 1 aliphatic rings. The van der Waals surface area contributed by atoms with Gasteiger partial charge < -0.3 is 9.47 Å². The summed E-state index contributed by atoms with van der Waals surface area (Å²) in [6, 6.07) is 7.99. The van der Waals surface area contributed by atoms with Crippen molar-refractivity contribution in [2.45, 2.75) is 18.8 Å². The average Bonchev–Trinajstić information content (AvgIpc) is 3.14. The maximum Gasteiger partial charge on any atom is 0.123 e. The molecule has 16 heavy (non-hydrogen) atoms. The highest BCUT2D eigenvalue weighted by molar-refractivity contribution is 5.45. The molecule has 0 aliphatic heterocycles. The Morgan fingerprint density at radius 1 is 1.31 bits per heavy atom. The van der Waals surface area contributed by atoms with Crippen LogP contribution in [0.25, 0.3) is 0 Å². The van der Waals surface area contributed by atoms with Crippen LogP contribution >= 0.6 is 0 Å². The molecule has 0 spiro atoms. The molecule has 1 fully saturated rings. The van der Waals surface area contributed by atoms with Crippen LogP contribution in [0, 0.1) is 17.2 Å². The molecule has 2 rings (SSSR count). The van der Waals surface area contributed by atoms with Gasteiger partial charge in [-0.2, -0.15) is 5.26 Å². The molecule has 0 saturated heterocycles. The maximum atomic E-state index is 9.23. The largest absolute Gasteiger partial charge is 0.497 e. The van der Waals surface area contributed by atoms with E-state index in [0.29, 0.717) is 5.92 Å². The summed E-state index contributed by atoms with van der Waals surface area (Å²) < 4.78 is 10.5. The van der Waals surface area contributed by atoms with Gasteiger partial charge in [0.05, 0.1) is 26.2 Å². The van der Waals surface area contributed by atoms with E-state index in [9.17, 15) is 5.26 Å². The van der Waals surface area contributed by atoms with E-state index in [1.165, 1.54) is 0 Å². The van der Waals surface area contributed by atoms with Crippen LogP contribution in [0.4, 0.5) is 0 Å². The summed E-state index contributed by atoms with van der Waals surface area (Å²) in [6.45, 7) is 0. The molecule has 0 radical (unpaired) electrons. The minimum absolute atomic E-state index is 0.0648. The summed E-state index contributed by atoms with van der Waals surface area (Å²) in [5.41, 5.74) is 0.951. The molecular formula is C13H15NO2. The summed E-state index contributed by atoms with van der Waals surface area (Å²) in [7, 11) is 3.26. The van der Waals surface area contributed by atoms with E-state index in [2.05, 4.69) is 6.07 Å². The van der Waals surface area contributed by atoms with Crippen molar-refractivity contribution in [3.63, 3.8) is 0 Å². The maximum absolute atomic E-state index is 9.23. The molecule has 1 unspecified atom stereocenters. The average molecular weight is 217 g/mol. The van der Waals surface area contributed by atoms with E-state index in [0.717, 1.165) is 29.9 Å². The van der Waals surface area contributed by atoms with Crippen molar-refractivity contribution in [3.05, 3.63) is 23.8 Å². The van der Waals surface area contributed by atoms with E-state index in [1.54, 1.807) is 14.2 Å². The van der Waals surface area contributed by atoms with Crippen molar-refractivity contribution in [2.75, 3.05) is 14.2 Å². The first kappa shape index (κ1) is 10.8. The van der Waals surface area contributed by atoms with Crippen LogP contribution in [0.2, 0.25) is 0 Å². The van der Waals surface area contributed by atoms with Crippen LogP contribution in [-0.2, 0) is 0 Å². The Balaban J connectivity index is 2.39. The molecule has 1 atom stereocenters. The number of nitriles is 1. The highest BCUT2D eigenvalue weighted by Crippen LogP contribution is 2.45. The highest BCUT2D eigenvalue weighted by atomic mass is 16.5. The van der Waals surface area contributed by atoms with Crippen LogP contribution < -0.4 is 9.47 Å². The number of nitrogens with zero attached hydrogens (tertiary/aromatic N) is 1. The number of hydrogen-bond acceptors (Lipinski definition) is 3. The third-order valence-corrected chi connectivity index (χ3v) is 3.00. The predicted octanol–water partition coefficient (Wildman–Crippen LogP) is 2.72. The minimum Gasteiger partial charge on any atom is -0.497 e. The fourth-order valence-corrected chi connectivity index (χ4v) is 1.94. The number of methoxy groups -OCH3 is 2. The molecule has 0 heterocycles. The van der Waals surface area contributed by atoms with Gasteiger partial charge in [0.2, 0.25) is 0 Å². The van der Waals surface area contributed by atoms with Crippen molar-refractivity contribution >= 4 is 0 Å². The van der Waals surface area contributed by atoms with Crippen LogP contribution in [0.3, 0.4) is 0 Å². The minimum atomic E-state index is -0.0648. The SMILES string of the molecule is COc1ccc(OC)c(C(C#N)C2CC2)c1. The Morgan fingerprint density at radius 3 is 2.56 bits per heavy atom. The van der Waals surface area contributed by atoms with Gasteiger partial charge in [0.25, 0.3) is 0 Å². The van der Waals surface area contributed by atoms with Crippen LogP contribution in [0.15, 0.2) is 18.2 Å². The Hall–Kier alpha value is -1.69. The lowest BCUT2D eigenvalue weighted by Gasteiger charge is -2.14. The molecule has 1 aromatic rings. The second-order valence-electron chi connectivity index (χ2n) is 4.05. The van der Waals surface area contributed by atoms with E-state index in [-0.39, 0.29) is 5.92 Å². The summed E-state index contributed by atoms with van der Waals surface area (Å²) in [5, 5.41) is 9.23. The van der Waals surface area contributed by atoms with Gasteiger partial charge in [-0.25, -0.2) is 0 Å². The van der Waals surface area contributed by atoms with Gasteiger partial charge in [0.15, 0.2) is 0 Å². The molecule has 1 aromatic carbocycles. The Kier molecular flexibility index (Phi) is 3.00. The highest BCUT2D eigenvalue weighted by Gasteiger charge is 2.34. The van der Waals surface area contributed by atoms with Gasteiger partial charge >= 0.3 is 0 Å². The summed E-state index contributed by atoms with van der Waals surface area (Å²) in [4.78, 5) is 0. The zero-order valence-corrected chi connectivity index (χ0v) is 9.56.